The maximum atomic E-state index is 12.1. The number of hydrazone groups is 1. The highest BCUT2D eigenvalue weighted by molar-refractivity contribution is 6.30. The van der Waals surface area contributed by atoms with Gasteiger partial charge in [0.25, 0.3) is 5.91 Å². The molecular formula is C12H14ClN3O. The second kappa shape index (κ2) is 4.85. The monoisotopic (exact) mass is 251 g/mol. The lowest BCUT2D eigenvalue weighted by Crippen LogP contribution is -2.28. The maximum Gasteiger partial charge on any atom is 0.256 e. The highest BCUT2D eigenvalue weighted by atomic mass is 35.5. The van der Waals surface area contributed by atoms with Gasteiger partial charge in [0.2, 0.25) is 0 Å². The van der Waals surface area contributed by atoms with Gasteiger partial charge in [-0.05, 0) is 44.2 Å². The van der Waals surface area contributed by atoms with Gasteiger partial charge in [0.1, 0.15) is 0 Å². The van der Waals surface area contributed by atoms with Gasteiger partial charge in [0.05, 0.1) is 11.6 Å². The van der Waals surface area contributed by atoms with Gasteiger partial charge in [-0.25, -0.2) is 5.01 Å². The van der Waals surface area contributed by atoms with Crippen LogP contribution in [0.1, 0.15) is 13.3 Å². The van der Waals surface area contributed by atoms with Crippen LogP contribution in [-0.2, 0) is 4.79 Å². The fourth-order valence-corrected chi connectivity index (χ4v) is 2.00. The lowest BCUT2D eigenvalue weighted by Gasteiger charge is -2.13. The van der Waals surface area contributed by atoms with Crippen molar-refractivity contribution in [2.75, 3.05) is 11.6 Å². The number of nitrogens with zero attached hydrogens (tertiary/aromatic N) is 2. The molecule has 4 nitrogen and oxygen atoms in total. The molecule has 0 saturated heterocycles. The number of carbonyl (C=O) groups excluding carboxylic acids is 1. The molecule has 1 aromatic carbocycles. The summed E-state index contributed by atoms with van der Waals surface area (Å²) in [6.45, 7) is 2.34. The van der Waals surface area contributed by atoms with E-state index in [0.29, 0.717) is 18.0 Å². The number of halogens is 1. The molecular weight excluding hydrogens is 238 g/mol. The van der Waals surface area contributed by atoms with E-state index in [-0.39, 0.29) is 11.8 Å². The third-order valence-corrected chi connectivity index (χ3v) is 3.05. The van der Waals surface area contributed by atoms with Crippen molar-refractivity contribution < 1.29 is 4.79 Å². The second-order valence-electron chi connectivity index (χ2n) is 4.00. The Kier molecular flexibility index (Phi) is 3.45. The Morgan fingerprint density at radius 2 is 2.06 bits per heavy atom. The van der Waals surface area contributed by atoms with E-state index in [1.165, 1.54) is 5.01 Å². The molecule has 1 unspecified atom stereocenters. The number of amides is 1. The minimum Gasteiger partial charge on any atom is -0.330 e. The van der Waals surface area contributed by atoms with Crippen LogP contribution in [0.15, 0.2) is 29.4 Å². The van der Waals surface area contributed by atoms with Crippen molar-refractivity contribution in [2.45, 2.75) is 13.3 Å². The van der Waals surface area contributed by atoms with Gasteiger partial charge in [0.15, 0.2) is 0 Å². The number of anilines is 1. The molecule has 1 aliphatic rings. The largest absolute Gasteiger partial charge is 0.330 e. The Bertz CT molecular complexity index is 455. The molecule has 0 aromatic heterocycles. The van der Waals surface area contributed by atoms with Crippen molar-refractivity contribution >= 4 is 28.9 Å². The second-order valence-corrected chi connectivity index (χ2v) is 4.43. The van der Waals surface area contributed by atoms with Gasteiger partial charge in [-0.3, -0.25) is 4.79 Å². The quantitative estimate of drug-likeness (QED) is 0.894. The van der Waals surface area contributed by atoms with E-state index in [4.69, 9.17) is 17.3 Å². The summed E-state index contributed by atoms with van der Waals surface area (Å²) in [6, 6.07) is 7.04. The van der Waals surface area contributed by atoms with Gasteiger partial charge in [0, 0.05) is 10.7 Å². The summed E-state index contributed by atoms with van der Waals surface area (Å²) in [7, 11) is 0. The highest BCUT2D eigenvalue weighted by Crippen LogP contribution is 2.26. The molecule has 1 heterocycles. The van der Waals surface area contributed by atoms with Gasteiger partial charge < -0.3 is 5.73 Å². The highest BCUT2D eigenvalue weighted by Gasteiger charge is 2.33. The first-order valence-corrected chi connectivity index (χ1v) is 5.86. The number of nitrogens with two attached hydrogens (primary N) is 1. The zero-order valence-electron chi connectivity index (χ0n) is 9.56. The summed E-state index contributed by atoms with van der Waals surface area (Å²) in [5.41, 5.74) is 7.04. The minimum atomic E-state index is -0.185. The lowest BCUT2D eigenvalue weighted by molar-refractivity contribution is -0.119. The first kappa shape index (κ1) is 12.1. The summed E-state index contributed by atoms with van der Waals surface area (Å²) in [5.74, 6) is -0.203. The summed E-state index contributed by atoms with van der Waals surface area (Å²) < 4.78 is 0. The predicted molar refractivity (Wildman–Crippen MR) is 69.2 cm³/mol. The summed E-state index contributed by atoms with van der Waals surface area (Å²) >= 11 is 5.81. The van der Waals surface area contributed by atoms with Crippen LogP contribution in [0.4, 0.5) is 5.69 Å². The Labute approximate surface area is 105 Å². The van der Waals surface area contributed by atoms with E-state index in [1.54, 1.807) is 24.3 Å². The molecule has 0 aliphatic carbocycles. The third-order valence-electron chi connectivity index (χ3n) is 2.80. The van der Waals surface area contributed by atoms with Crippen molar-refractivity contribution in [1.82, 2.24) is 0 Å². The van der Waals surface area contributed by atoms with E-state index in [9.17, 15) is 4.79 Å². The van der Waals surface area contributed by atoms with E-state index in [0.717, 1.165) is 11.4 Å². The van der Waals surface area contributed by atoms with Crippen LogP contribution in [0.5, 0.6) is 0 Å². The predicted octanol–water partition coefficient (Wildman–Crippen LogP) is 2.03. The number of rotatable bonds is 3. The van der Waals surface area contributed by atoms with Crippen LogP contribution in [0, 0.1) is 5.92 Å². The number of benzene rings is 1. The average molecular weight is 252 g/mol. The third kappa shape index (κ3) is 2.33. The standard InChI is InChI=1S/C12H14ClN3O/c1-8-11(6-7-14)12(17)16(15-8)10-4-2-9(13)3-5-10/h2-5,11H,6-7,14H2,1H3. The van der Waals surface area contributed by atoms with Crippen LogP contribution in [0.25, 0.3) is 0 Å². The van der Waals surface area contributed by atoms with Crippen LogP contribution in [-0.4, -0.2) is 18.2 Å². The molecule has 1 atom stereocenters. The van der Waals surface area contributed by atoms with E-state index in [2.05, 4.69) is 5.10 Å². The van der Waals surface area contributed by atoms with Crippen molar-refractivity contribution in [3.63, 3.8) is 0 Å². The average Bonchev–Trinajstić information content (AvgIpc) is 2.59. The number of carbonyl (C=O) groups is 1. The van der Waals surface area contributed by atoms with Crippen LogP contribution in [0.2, 0.25) is 5.02 Å². The van der Waals surface area contributed by atoms with Crippen LogP contribution < -0.4 is 10.7 Å². The molecule has 2 rings (SSSR count). The van der Waals surface area contributed by atoms with Gasteiger partial charge in [-0.2, -0.15) is 5.10 Å². The molecule has 0 saturated carbocycles. The molecule has 0 fully saturated rings. The van der Waals surface area contributed by atoms with Crippen molar-refractivity contribution in [1.29, 1.82) is 0 Å². The number of hydrogen-bond acceptors (Lipinski definition) is 3. The van der Waals surface area contributed by atoms with Crippen LogP contribution in [0.3, 0.4) is 0 Å². The fraction of sp³-hybridized carbons (Fsp3) is 0.333. The Morgan fingerprint density at radius 3 is 2.65 bits per heavy atom. The first-order valence-electron chi connectivity index (χ1n) is 5.48. The zero-order chi connectivity index (χ0) is 12.4. The van der Waals surface area contributed by atoms with Crippen molar-refractivity contribution in [3.05, 3.63) is 29.3 Å². The SMILES string of the molecule is CC1=NN(c2ccc(Cl)cc2)C(=O)C1CCN. The normalized spacial score (nSPS) is 19.7. The molecule has 2 N–H and O–H groups in total. The molecule has 0 radical (unpaired) electrons. The van der Waals surface area contributed by atoms with Gasteiger partial charge in [-0.15, -0.1) is 0 Å². The lowest BCUT2D eigenvalue weighted by atomic mass is 10.0. The maximum absolute atomic E-state index is 12.1. The summed E-state index contributed by atoms with van der Waals surface area (Å²) in [5, 5.41) is 6.33. The van der Waals surface area contributed by atoms with Gasteiger partial charge >= 0.3 is 0 Å². The van der Waals surface area contributed by atoms with Gasteiger partial charge in [-0.1, -0.05) is 11.6 Å². The Hall–Kier alpha value is -1.39. The molecule has 0 bridgehead atoms. The topological polar surface area (TPSA) is 58.7 Å². The molecule has 1 aromatic rings. The molecule has 0 spiro atoms. The minimum absolute atomic E-state index is 0.0183. The molecule has 5 heteroatoms. The molecule has 17 heavy (non-hydrogen) atoms. The molecule has 1 amide bonds. The zero-order valence-corrected chi connectivity index (χ0v) is 10.3. The smallest absolute Gasteiger partial charge is 0.256 e. The molecule has 90 valence electrons. The Balaban J connectivity index is 2.24. The number of hydrogen-bond donors (Lipinski definition) is 1. The van der Waals surface area contributed by atoms with Crippen LogP contribution >= 0.6 is 11.6 Å². The van der Waals surface area contributed by atoms with E-state index < -0.39 is 0 Å². The fourth-order valence-electron chi connectivity index (χ4n) is 1.87. The van der Waals surface area contributed by atoms with E-state index in [1.807, 2.05) is 6.92 Å². The van der Waals surface area contributed by atoms with Crippen molar-refractivity contribution in [3.8, 4) is 0 Å². The summed E-state index contributed by atoms with van der Waals surface area (Å²) in [6.07, 6.45) is 0.637. The first-order chi connectivity index (χ1) is 8.13. The summed E-state index contributed by atoms with van der Waals surface area (Å²) in [4.78, 5) is 12.1. The van der Waals surface area contributed by atoms with Crippen molar-refractivity contribution in [2.24, 2.45) is 16.8 Å². The van der Waals surface area contributed by atoms with E-state index >= 15 is 0 Å². The molecule has 1 aliphatic heterocycles. The Morgan fingerprint density at radius 1 is 1.41 bits per heavy atom.